The van der Waals surface area contributed by atoms with Gasteiger partial charge in [0.15, 0.2) is 5.82 Å². The van der Waals surface area contributed by atoms with Gasteiger partial charge in [-0.25, -0.2) is 4.68 Å². The molecule has 1 unspecified atom stereocenters. The van der Waals surface area contributed by atoms with Crippen LogP contribution in [0.25, 0.3) is 11.4 Å². The number of hydrogen-bond donors (Lipinski definition) is 2. The van der Waals surface area contributed by atoms with E-state index in [1.807, 2.05) is 49.4 Å². The van der Waals surface area contributed by atoms with E-state index in [0.717, 1.165) is 11.1 Å². The highest BCUT2D eigenvalue weighted by Gasteiger charge is 2.35. The standard InChI is InChI=1S/C26H21Cl2N5O2/c1-15-22(25(34)30-20-12-5-6-13-21(20)35-2)23(18-10-3-4-11-19(18)28)33-26(29-15)31-24(32-33)16-8-7-9-17(27)14-16/h3-14,23H,1-2H3,(H,30,34)(H,29,31,32). The van der Waals surface area contributed by atoms with Crippen molar-refractivity contribution in [1.82, 2.24) is 14.8 Å². The Bertz CT molecular complexity index is 1460. The smallest absolute Gasteiger partial charge is 0.255 e. The molecule has 0 radical (unpaired) electrons. The summed E-state index contributed by atoms with van der Waals surface area (Å²) in [6, 6.07) is 21.3. The van der Waals surface area contributed by atoms with Crippen molar-refractivity contribution in [3.05, 3.63) is 99.7 Å². The second-order valence-electron chi connectivity index (χ2n) is 7.96. The van der Waals surface area contributed by atoms with E-state index in [1.54, 1.807) is 42.1 Å². The number of halogens is 2. The second-order valence-corrected chi connectivity index (χ2v) is 8.80. The molecule has 3 aromatic carbocycles. The zero-order valence-corrected chi connectivity index (χ0v) is 20.4. The zero-order valence-electron chi connectivity index (χ0n) is 18.9. The molecule has 0 bridgehead atoms. The summed E-state index contributed by atoms with van der Waals surface area (Å²) in [4.78, 5) is 18.4. The number of anilines is 2. The molecule has 2 heterocycles. The molecule has 4 aromatic rings. The van der Waals surface area contributed by atoms with Gasteiger partial charge >= 0.3 is 0 Å². The minimum Gasteiger partial charge on any atom is -0.495 e. The lowest BCUT2D eigenvalue weighted by molar-refractivity contribution is -0.113. The fourth-order valence-corrected chi connectivity index (χ4v) is 4.55. The van der Waals surface area contributed by atoms with Gasteiger partial charge in [-0.05, 0) is 37.3 Å². The number of carbonyl (C=O) groups is 1. The Hall–Kier alpha value is -3.81. The number of benzene rings is 3. The van der Waals surface area contributed by atoms with Crippen LogP contribution in [0, 0.1) is 0 Å². The number of allylic oxidation sites excluding steroid dienone is 1. The molecule has 5 rings (SSSR count). The maximum Gasteiger partial charge on any atom is 0.255 e. The van der Waals surface area contributed by atoms with Crippen LogP contribution in [0.5, 0.6) is 5.75 Å². The summed E-state index contributed by atoms with van der Waals surface area (Å²) in [5.41, 5.74) is 3.14. The monoisotopic (exact) mass is 505 g/mol. The van der Waals surface area contributed by atoms with Gasteiger partial charge in [0.05, 0.1) is 18.4 Å². The van der Waals surface area contributed by atoms with Crippen LogP contribution in [0.15, 0.2) is 84.1 Å². The number of rotatable bonds is 5. The van der Waals surface area contributed by atoms with Gasteiger partial charge in [0, 0.05) is 26.9 Å². The molecular formula is C26H21Cl2N5O2. The number of amides is 1. The van der Waals surface area contributed by atoms with Gasteiger partial charge in [-0.3, -0.25) is 4.79 Å². The van der Waals surface area contributed by atoms with E-state index in [0.29, 0.717) is 44.5 Å². The van der Waals surface area contributed by atoms with E-state index in [2.05, 4.69) is 15.6 Å². The van der Waals surface area contributed by atoms with Gasteiger partial charge in [0.25, 0.3) is 5.91 Å². The number of para-hydroxylation sites is 2. The topological polar surface area (TPSA) is 81.1 Å². The van der Waals surface area contributed by atoms with Crippen molar-refractivity contribution in [3.63, 3.8) is 0 Å². The van der Waals surface area contributed by atoms with Crippen LogP contribution in [0.1, 0.15) is 18.5 Å². The molecule has 1 atom stereocenters. The van der Waals surface area contributed by atoms with E-state index in [9.17, 15) is 4.79 Å². The van der Waals surface area contributed by atoms with Crippen molar-refractivity contribution in [2.24, 2.45) is 0 Å². The summed E-state index contributed by atoms with van der Waals surface area (Å²) in [5.74, 6) is 1.22. The molecule has 0 fully saturated rings. The molecule has 7 nitrogen and oxygen atoms in total. The number of nitrogens with zero attached hydrogens (tertiary/aromatic N) is 3. The molecule has 0 saturated carbocycles. The fraction of sp³-hybridized carbons (Fsp3) is 0.115. The predicted octanol–water partition coefficient (Wildman–Crippen LogP) is 6.19. The van der Waals surface area contributed by atoms with Crippen LogP contribution < -0.4 is 15.4 Å². The lowest BCUT2D eigenvalue weighted by Gasteiger charge is -2.29. The Morgan fingerprint density at radius 1 is 1.06 bits per heavy atom. The first-order chi connectivity index (χ1) is 17.0. The molecule has 1 aliphatic heterocycles. The zero-order chi connectivity index (χ0) is 24.5. The van der Waals surface area contributed by atoms with Gasteiger partial charge in [0.1, 0.15) is 11.8 Å². The lowest BCUT2D eigenvalue weighted by Crippen LogP contribution is -2.31. The molecule has 0 saturated heterocycles. The lowest BCUT2D eigenvalue weighted by atomic mass is 9.95. The highest BCUT2D eigenvalue weighted by atomic mass is 35.5. The quantitative estimate of drug-likeness (QED) is 0.338. The van der Waals surface area contributed by atoms with Gasteiger partial charge in [-0.15, -0.1) is 5.10 Å². The third-order valence-electron chi connectivity index (χ3n) is 5.74. The van der Waals surface area contributed by atoms with Gasteiger partial charge in [-0.2, -0.15) is 4.98 Å². The molecule has 176 valence electrons. The number of ether oxygens (including phenoxy) is 1. The fourth-order valence-electron chi connectivity index (χ4n) is 4.12. The number of nitrogens with one attached hydrogen (secondary N) is 2. The molecule has 0 spiro atoms. The van der Waals surface area contributed by atoms with E-state index < -0.39 is 6.04 Å². The average molecular weight is 506 g/mol. The Balaban J connectivity index is 1.62. The maximum atomic E-state index is 13.7. The van der Waals surface area contributed by atoms with Crippen molar-refractivity contribution in [2.45, 2.75) is 13.0 Å². The van der Waals surface area contributed by atoms with E-state index in [4.69, 9.17) is 33.0 Å². The molecule has 1 amide bonds. The first-order valence-electron chi connectivity index (χ1n) is 10.9. The third kappa shape index (κ3) is 4.36. The largest absolute Gasteiger partial charge is 0.495 e. The van der Waals surface area contributed by atoms with Crippen LogP contribution >= 0.6 is 23.2 Å². The Labute approximate surface area is 212 Å². The SMILES string of the molecule is COc1ccccc1NC(=O)C1=C(C)Nc2nc(-c3cccc(Cl)c3)nn2C1c1ccccc1Cl. The van der Waals surface area contributed by atoms with Crippen LogP contribution in [0.4, 0.5) is 11.6 Å². The Morgan fingerprint density at radius 2 is 1.83 bits per heavy atom. The highest BCUT2D eigenvalue weighted by Crippen LogP contribution is 2.39. The maximum absolute atomic E-state index is 13.7. The molecule has 9 heteroatoms. The first kappa shape index (κ1) is 23.0. The van der Waals surface area contributed by atoms with Crippen molar-refractivity contribution < 1.29 is 9.53 Å². The third-order valence-corrected chi connectivity index (χ3v) is 6.31. The van der Waals surface area contributed by atoms with Crippen molar-refractivity contribution >= 4 is 40.7 Å². The van der Waals surface area contributed by atoms with Crippen molar-refractivity contribution in [3.8, 4) is 17.1 Å². The number of hydrogen-bond acceptors (Lipinski definition) is 5. The highest BCUT2D eigenvalue weighted by molar-refractivity contribution is 6.31. The Kier molecular flexibility index (Phi) is 6.19. The van der Waals surface area contributed by atoms with E-state index >= 15 is 0 Å². The van der Waals surface area contributed by atoms with Crippen molar-refractivity contribution in [2.75, 3.05) is 17.7 Å². The summed E-state index contributed by atoms with van der Waals surface area (Å²) in [7, 11) is 1.56. The van der Waals surface area contributed by atoms with Gasteiger partial charge < -0.3 is 15.4 Å². The van der Waals surface area contributed by atoms with Crippen molar-refractivity contribution in [1.29, 1.82) is 0 Å². The van der Waals surface area contributed by atoms with E-state index in [1.165, 1.54) is 0 Å². The number of aromatic nitrogens is 3. The minimum absolute atomic E-state index is 0.310. The molecular weight excluding hydrogens is 485 g/mol. The molecule has 35 heavy (non-hydrogen) atoms. The first-order valence-corrected chi connectivity index (χ1v) is 11.6. The summed E-state index contributed by atoms with van der Waals surface area (Å²) >= 11 is 12.8. The molecule has 1 aromatic heterocycles. The minimum atomic E-state index is -0.616. The predicted molar refractivity (Wildman–Crippen MR) is 138 cm³/mol. The van der Waals surface area contributed by atoms with Gasteiger partial charge in [-0.1, -0.05) is 65.7 Å². The molecule has 2 N–H and O–H groups in total. The van der Waals surface area contributed by atoms with Crippen LogP contribution in [-0.4, -0.2) is 27.8 Å². The second kappa shape index (κ2) is 9.44. The summed E-state index contributed by atoms with van der Waals surface area (Å²) in [6.45, 7) is 1.83. The summed E-state index contributed by atoms with van der Waals surface area (Å²) in [6.07, 6.45) is 0. The van der Waals surface area contributed by atoms with Gasteiger partial charge in [0.2, 0.25) is 5.95 Å². The summed E-state index contributed by atoms with van der Waals surface area (Å²) in [5, 5.41) is 12.1. The Morgan fingerprint density at radius 3 is 2.60 bits per heavy atom. The molecule has 0 aliphatic carbocycles. The number of fused-ring (bicyclic) bond motifs is 1. The molecule has 1 aliphatic rings. The van der Waals surface area contributed by atoms with Crippen LogP contribution in [0.3, 0.4) is 0 Å². The van der Waals surface area contributed by atoms with Crippen LogP contribution in [-0.2, 0) is 4.79 Å². The number of methoxy groups -OCH3 is 1. The number of carbonyl (C=O) groups excluding carboxylic acids is 1. The average Bonchev–Trinajstić information content (AvgIpc) is 3.27. The van der Waals surface area contributed by atoms with Crippen LogP contribution in [0.2, 0.25) is 10.0 Å². The summed E-state index contributed by atoms with van der Waals surface area (Å²) < 4.78 is 7.09. The normalized spacial score (nSPS) is 14.8. The van der Waals surface area contributed by atoms with E-state index in [-0.39, 0.29) is 5.91 Å².